The number of fused-ring (bicyclic) bond motifs is 1. The number of benzene rings is 2. The van der Waals surface area contributed by atoms with Crippen molar-refractivity contribution in [3.8, 4) is 11.1 Å². The number of hydrogen-bond donors (Lipinski definition) is 3. The van der Waals surface area contributed by atoms with Crippen LogP contribution in [0.4, 0.5) is 11.4 Å². The molecule has 0 amide bonds. The Labute approximate surface area is 208 Å². The van der Waals surface area contributed by atoms with Gasteiger partial charge in [-0.1, -0.05) is 42.5 Å². The highest BCUT2D eigenvalue weighted by molar-refractivity contribution is 5.86. The second-order valence-electron chi connectivity index (χ2n) is 9.27. The molecular formula is C27H29N5O4. The fourth-order valence-corrected chi connectivity index (χ4v) is 5.17. The van der Waals surface area contributed by atoms with Crippen LogP contribution in [0.3, 0.4) is 0 Å². The zero-order valence-electron chi connectivity index (χ0n) is 19.8. The Morgan fingerprint density at radius 2 is 1.50 bits per heavy atom. The maximum absolute atomic E-state index is 10.4. The molecule has 36 heavy (non-hydrogen) atoms. The number of nitrogens with zero attached hydrogens (tertiary/aromatic N) is 5. The van der Waals surface area contributed by atoms with Gasteiger partial charge in [0.2, 0.25) is 0 Å². The Morgan fingerprint density at radius 1 is 0.806 bits per heavy atom. The fourth-order valence-electron chi connectivity index (χ4n) is 5.17. The SMILES string of the molecule is OC[C@H]1O[C@@H](n2cnc3c(N4CCN(c5ccc(-c6ccccc6)cc5)CC4)ccnc32)[C@H](O)[C@@H]1O. The first-order chi connectivity index (χ1) is 17.6. The summed E-state index contributed by atoms with van der Waals surface area (Å²) in [6, 6.07) is 21.1. The van der Waals surface area contributed by atoms with Crippen molar-refractivity contribution in [2.24, 2.45) is 0 Å². The Morgan fingerprint density at radius 3 is 2.19 bits per heavy atom. The lowest BCUT2D eigenvalue weighted by Gasteiger charge is -2.37. The summed E-state index contributed by atoms with van der Waals surface area (Å²) < 4.78 is 7.32. The average Bonchev–Trinajstić information content (AvgIpc) is 3.49. The zero-order chi connectivity index (χ0) is 24.6. The molecule has 4 heterocycles. The van der Waals surface area contributed by atoms with Crippen molar-refractivity contribution >= 4 is 22.5 Å². The van der Waals surface area contributed by atoms with E-state index in [-0.39, 0.29) is 6.61 Å². The lowest BCUT2D eigenvalue weighted by atomic mass is 10.1. The lowest BCUT2D eigenvalue weighted by molar-refractivity contribution is -0.0511. The van der Waals surface area contributed by atoms with Crippen LogP contribution in [-0.2, 0) is 4.74 Å². The predicted molar refractivity (Wildman–Crippen MR) is 137 cm³/mol. The molecule has 4 atom stereocenters. The van der Waals surface area contributed by atoms with E-state index in [4.69, 9.17) is 4.74 Å². The molecule has 9 nitrogen and oxygen atoms in total. The molecule has 2 aliphatic heterocycles. The van der Waals surface area contributed by atoms with Gasteiger partial charge in [0.05, 0.1) is 18.6 Å². The molecule has 0 spiro atoms. The standard InChI is InChI=1S/C27H29N5O4/c33-16-22-24(34)25(35)27(36-22)32-17-29-23-21(10-11-28-26(23)32)31-14-12-30(13-15-31)20-8-6-19(7-9-20)18-4-2-1-3-5-18/h1-11,17,22,24-25,27,33-35H,12-16H2/t22-,24-,25-,27-/m1/s1. The molecule has 9 heteroatoms. The molecular weight excluding hydrogens is 458 g/mol. The number of imidazole rings is 1. The molecule has 2 fully saturated rings. The van der Waals surface area contributed by atoms with E-state index in [0.29, 0.717) is 5.65 Å². The maximum atomic E-state index is 10.4. The third kappa shape index (κ3) is 4.00. The number of rotatable bonds is 5. The molecule has 0 unspecified atom stereocenters. The summed E-state index contributed by atoms with van der Waals surface area (Å²) in [7, 11) is 0. The van der Waals surface area contributed by atoms with Gasteiger partial charge in [0.25, 0.3) is 0 Å². The molecule has 2 aliphatic rings. The van der Waals surface area contributed by atoms with Crippen molar-refractivity contribution in [2.45, 2.75) is 24.5 Å². The van der Waals surface area contributed by atoms with Gasteiger partial charge in [-0.3, -0.25) is 4.57 Å². The summed E-state index contributed by atoms with van der Waals surface area (Å²) in [4.78, 5) is 13.7. The van der Waals surface area contributed by atoms with Crippen LogP contribution in [0.25, 0.3) is 22.3 Å². The minimum atomic E-state index is -1.18. The van der Waals surface area contributed by atoms with Crippen molar-refractivity contribution < 1.29 is 20.1 Å². The van der Waals surface area contributed by atoms with E-state index in [9.17, 15) is 15.3 Å². The Hall–Kier alpha value is -3.50. The monoisotopic (exact) mass is 487 g/mol. The van der Waals surface area contributed by atoms with E-state index in [1.54, 1.807) is 17.1 Å². The molecule has 3 N–H and O–H groups in total. The molecule has 6 rings (SSSR count). The lowest BCUT2D eigenvalue weighted by Crippen LogP contribution is -2.46. The van der Waals surface area contributed by atoms with Crippen LogP contribution in [-0.4, -0.2) is 81.0 Å². The van der Waals surface area contributed by atoms with Crippen LogP contribution >= 0.6 is 0 Å². The quantitative estimate of drug-likeness (QED) is 0.393. The van der Waals surface area contributed by atoms with Crippen molar-refractivity contribution in [3.63, 3.8) is 0 Å². The van der Waals surface area contributed by atoms with E-state index >= 15 is 0 Å². The third-order valence-electron chi connectivity index (χ3n) is 7.19. The van der Waals surface area contributed by atoms with Crippen molar-refractivity contribution in [1.29, 1.82) is 0 Å². The highest BCUT2D eigenvalue weighted by Crippen LogP contribution is 2.34. The van der Waals surface area contributed by atoms with E-state index in [1.165, 1.54) is 16.8 Å². The molecule has 2 saturated heterocycles. The first-order valence-corrected chi connectivity index (χ1v) is 12.2. The van der Waals surface area contributed by atoms with Crippen LogP contribution in [0.5, 0.6) is 0 Å². The van der Waals surface area contributed by atoms with Gasteiger partial charge in [-0.05, 0) is 29.3 Å². The topological polar surface area (TPSA) is 107 Å². The number of anilines is 2. The third-order valence-corrected chi connectivity index (χ3v) is 7.19. The van der Waals surface area contributed by atoms with Crippen molar-refractivity contribution in [2.75, 3.05) is 42.6 Å². The maximum Gasteiger partial charge on any atom is 0.165 e. The number of aliphatic hydroxyl groups is 3. The van der Waals surface area contributed by atoms with Gasteiger partial charge in [-0.2, -0.15) is 0 Å². The fraction of sp³-hybridized carbons (Fsp3) is 0.333. The number of piperazine rings is 1. The highest BCUT2D eigenvalue weighted by Gasteiger charge is 2.44. The van der Waals surface area contributed by atoms with Gasteiger partial charge in [-0.25, -0.2) is 9.97 Å². The largest absolute Gasteiger partial charge is 0.394 e. The Bertz CT molecular complexity index is 1320. The average molecular weight is 488 g/mol. The van der Waals surface area contributed by atoms with Crippen molar-refractivity contribution in [3.05, 3.63) is 73.2 Å². The summed E-state index contributed by atoms with van der Waals surface area (Å²) >= 11 is 0. The van der Waals surface area contributed by atoms with E-state index < -0.39 is 24.5 Å². The van der Waals surface area contributed by atoms with E-state index in [0.717, 1.165) is 37.4 Å². The van der Waals surface area contributed by atoms with Gasteiger partial charge in [0, 0.05) is 38.1 Å². The zero-order valence-corrected chi connectivity index (χ0v) is 19.8. The minimum Gasteiger partial charge on any atom is -0.394 e. The number of aromatic nitrogens is 3. The molecule has 2 aromatic carbocycles. The first kappa shape index (κ1) is 22.9. The van der Waals surface area contributed by atoms with Gasteiger partial charge in [0.15, 0.2) is 11.9 Å². The highest BCUT2D eigenvalue weighted by atomic mass is 16.6. The summed E-state index contributed by atoms with van der Waals surface area (Å²) in [6.45, 7) is 3.05. The van der Waals surface area contributed by atoms with Crippen LogP contribution in [0.15, 0.2) is 73.2 Å². The van der Waals surface area contributed by atoms with Crippen LogP contribution < -0.4 is 9.80 Å². The van der Waals surface area contributed by atoms with Crippen LogP contribution in [0.1, 0.15) is 6.23 Å². The van der Waals surface area contributed by atoms with Gasteiger partial charge < -0.3 is 29.9 Å². The number of aliphatic hydroxyl groups excluding tert-OH is 3. The number of pyridine rings is 1. The Balaban J connectivity index is 1.17. The number of hydrogen-bond acceptors (Lipinski definition) is 8. The minimum absolute atomic E-state index is 0.376. The van der Waals surface area contributed by atoms with Gasteiger partial charge in [0.1, 0.15) is 23.8 Å². The summed E-state index contributed by atoms with van der Waals surface area (Å²) in [5.41, 5.74) is 5.90. The molecule has 186 valence electrons. The molecule has 0 saturated carbocycles. The van der Waals surface area contributed by atoms with E-state index in [1.807, 2.05) is 12.1 Å². The smallest absolute Gasteiger partial charge is 0.165 e. The van der Waals surface area contributed by atoms with Crippen molar-refractivity contribution in [1.82, 2.24) is 14.5 Å². The predicted octanol–water partition coefficient (Wildman–Crippen LogP) is 2.04. The normalized spacial score (nSPS) is 24.5. The first-order valence-electron chi connectivity index (χ1n) is 12.2. The second-order valence-corrected chi connectivity index (χ2v) is 9.27. The number of ether oxygens (including phenoxy) is 1. The summed E-state index contributed by atoms with van der Waals surface area (Å²) in [5, 5.41) is 30.0. The van der Waals surface area contributed by atoms with E-state index in [2.05, 4.69) is 68.3 Å². The molecule has 0 bridgehead atoms. The Kier molecular flexibility index (Phi) is 6.06. The second kappa shape index (κ2) is 9.51. The summed E-state index contributed by atoms with van der Waals surface area (Å²) in [5.74, 6) is 0. The van der Waals surface area contributed by atoms with Crippen LogP contribution in [0, 0.1) is 0 Å². The van der Waals surface area contributed by atoms with Gasteiger partial charge >= 0.3 is 0 Å². The molecule has 4 aromatic rings. The summed E-state index contributed by atoms with van der Waals surface area (Å²) in [6.07, 6.45) is -0.754. The molecule has 0 aliphatic carbocycles. The van der Waals surface area contributed by atoms with Gasteiger partial charge in [-0.15, -0.1) is 0 Å². The van der Waals surface area contributed by atoms with Crippen LogP contribution in [0.2, 0.25) is 0 Å². The molecule has 0 radical (unpaired) electrons. The molecule has 2 aromatic heterocycles.